The van der Waals surface area contributed by atoms with E-state index in [1.165, 1.54) is 42.4 Å². The molecule has 0 fully saturated rings. The molecule has 0 unspecified atom stereocenters. The van der Waals surface area contributed by atoms with Crippen molar-refractivity contribution in [3.05, 3.63) is 59.7 Å². The minimum atomic E-state index is 1.15. The van der Waals surface area contributed by atoms with Crippen molar-refractivity contribution in [3.63, 3.8) is 0 Å². The van der Waals surface area contributed by atoms with Gasteiger partial charge in [-0.1, -0.05) is 68.3 Å². The fourth-order valence-electron chi connectivity index (χ4n) is 2.35. The summed E-state index contributed by atoms with van der Waals surface area (Å²) >= 11 is 0. The Morgan fingerprint density at radius 3 is 2.00 bits per heavy atom. The van der Waals surface area contributed by atoms with Gasteiger partial charge in [-0.15, -0.1) is 0 Å². The summed E-state index contributed by atoms with van der Waals surface area (Å²) in [5.41, 5.74) is 5.13. The molecule has 20 heavy (non-hydrogen) atoms. The summed E-state index contributed by atoms with van der Waals surface area (Å²) in [5.74, 6) is 0. The normalized spacial score (nSPS) is 11.1. The van der Waals surface area contributed by atoms with Gasteiger partial charge in [0.2, 0.25) is 0 Å². The molecular weight excluding hydrogens is 242 g/mol. The Labute approximate surface area is 122 Å². The van der Waals surface area contributed by atoms with Crippen molar-refractivity contribution < 1.29 is 0 Å². The quantitative estimate of drug-likeness (QED) is 0.507. The average molecular weight is 265 g/mol. The maximum Gasteiger partial charge on any atom is 0.0281 e. The van der Waals surface area contributed by atoms with Crippen LogP contribution in [-0.2, 0) is 6.42 Å². The molecule has 0 radical (unpaired) electrons. The minimum Gasteiger partial charge on any atom is -0.296 e. The zero-order valence-electron chi connectivity index (χ0n) is 12.5. The van der Waals surface area contributed by atoms with Gasteiger partial charge in [0.05, 0.1) is 0 Å². The van der Waals surface area contributed by atoms with Crippen LogP contribution >= 0.6 is 0 Å². The van der Waals surface area contributed by atoms with Gasteiger partial charge in [0.1, 0.15) is 0 Å². The lowest BCUT2D eigenvalue weighted by atomic mass is 10.0. The standard InChI is InChI=1S/C19H23N/c1-3-4-5-6-16-7-11-18(12-8-16)19-13-9-17(10-14-19)15-20-2/h7-15H,3-6H2,1-2H3. The molecule has 0 aromatic heterocycles. The second-order valence-electron chi connectivity index (χ2n) is 5.16. The first-order valence-electron chi connectivity index (χ1n) is 7.45. The monoisotopic (exact) mass is 265 g/mol. The summed E-state index contributed by atoms with van der Waals surface area (Å²) in [6.07, 6.45) is 6.97. The Morgan fingerprint density at radius 1 is 0.850 bits per heavy atom. The maximum atomic E-state index is 4.03. The van der Waals surface area contributed by atoms with Gasteiger partial charge in [0, 0.05) is 13.3 Å². The second kappa shape index (κ2) is 7.64. The maximum absolute atomic E-state index is 4.03. The van der Waals surface area contributed by atoms with Gasteiger partial charge in [0.25, 0.3) is 0 Å². The molecular formula is C19H23N. The molecule has 0 aliphatic rings. The zero-order valence-corrected chi connectivity index (χ0v) is 12.5. The Kier molecular flexibility index (Phi) is 5.55. The molecule has 0 aliphatic carbocycles. The Hall–Kier alpha value is -1.89. The van der Waals surface area contributed by atoms with Gasteiger partial charge >= 0.3 is 0 Å². The SMILES string of the molecule is CCCCCc1ccc(-c2ccc(C=NC)cc2)cc1. The lowest BCUT2D eigenvalue weighted by molar-refractivity contribution is 0.717. The van der Waals surface area contributed by atoms with Crippen LogP contribution in [0.5, 0.6) is 0 Å². The third kappa shape index (κ3) is 4.06. The fraction of sp³-hybridized carbons (Fsp3) is 0.316. The van der Waals surface area contributed by atoms with Gasteiger partial charge in [0.15, 0.2) is 0 Å². The predicted molar refractivity (Wildman–Crippen MR) is 88.6 cm³/mol. The molecule has 0 amide bonds. The smallest absolute Gasteiger partial charge is 0.0281 e. The van der Waals surface area contributed by atoms with E-state index < -0.39 is 0 Å². The van der Waals surface area contributed by atoms with Crippen molar-refractivity contribution in [1.82, 2.24) is 0 Å². The number of rotatable bonds is 6. The molecule has 0 bridgehead atoms. The first kappa shape index (κ1) is 14.5. The number of unbranched alkanes of at least 4 members (excludes halogenated alkanes) is 2. The van der Waals surface area contributed by atoms with E-state index in [0.717, 1.165) is 5.56 Å². The third-order valence-corrected chi connectivity index (χ3v) is 3.55. The molecule has 0 N–H and O–H groups in total. The molecule has 0 spiro atoms. The van der Waals surface area contributed by atoms with Crippen LogP contribution < -0.4 is 0 Å². The highest BCUT2D eigenvalue weighted by atomic mass is 14.6. The van der Waals surface area contributed by atoms with Gasteiger partial charge in [-0.25, -0.2) is 0 Å². The number of aliphatic imine (C=N–C) groups is 1. The first-order valence-corrected chi connectivity index (χ1v) is 7.45. The molecule has 1 heteroatoms. The molecule has 0 saturated heterocycles. The van der Waals surface area contributed by atoms with Crippen LogP contribution in [0.1, 0.15) is 37.3 Å². The molecule has 2 aromatic rings. The number of hydrogen-bond donors (Lipinski definition) is 0. The lowest BCUT2D eigenvalue weighted by Crippen LogP contribution is -1.86. The van der Waals surface area contributed by atoms with Crippen LogP contribution in [0.15, 0.2) is 53.5 Å². The third-order valence-electron chi connectivity index (χ3n) is 3.55. The summed E-state index contributed by atoms with van der Waals surface area (Å²) < 4.78 is 0. The highest BCUT2D eigenvalue weighted by molar-refractivity contribution is 5.80. The van der Waals surface area contributed by atoms with Crippen LogP contribution in [0.25, 0.3) is 11.1 Å². The summed E-state index contributed by atoms with van der Waals surface area (Å²) in [6.45, 7) is 2.25. The van der Waals surface area contributed by atoms with E-state index >= 15 is 0 Å². The minimum absolute atomic E-state index is 1.15. The van der Waals surface area contributed by atoms with Gasteiger partial charge < -0.3 is 0 Å². The van der Waals surface area contributed by atoms with E-state index in [1.807, 2.05) is 6.21 Å². The summed E-state index contributed by atoms with van der Waals surface area (Å²) in [6, 6.07) is 17.5. The molecule has 0 aliphatic heterocycles. The fourth-order valence-corrected chi connectivity index (χ4v) is 2.35. The van der Waals surface area contributed by atoms with E-state index in [9.17, 15) is 0 Å². The summed E-state index contributed by atoms with van der Waals surface area (Å²) in [5, 5.41) is 0. The van der Waals surface area contributed by atoms with Crippen LogP contribution in [0.3, 0.4) is 0 Å². The van der Waals surface area contributed by atoms with Crippen molar-refractivity contribution >= 4 is 6.21 Å². The van der Waals surface area contributed by atoms with Gasteiger partial charge in [-0.05, 0) is 35.1 Å². The number of hydrogen-bond acceptors (Lipinski definition) is 1. The van der Waals surface area contributed by atoms with Crippen LogP contribution in [-0.4, -0.2) is 13.3 Å². The highest BCUT2D eigenvalue weighted by Crippen LogP contribution is 2.20. The lowest BCUT2D eigenvalue weighted by Gasteiger charge is -2.05. The molecule has 2 aromatic carbocycles. The average Bonchev–Trinajstić information content (AvgIpc) is 2.49. The predicted octanol–water partition coefficient (Wildman–Crippen LogP) is 5.14. The summed E-state index contributed by atoms with van der Waals surface area (Å²) in [7, 11) is 1.80. The van der Waals surface area contributed by atoms with Crippen molar-refractivity contribution in [1.29, 1.82) is 0 Å². The number of benzene rings is 2. The van der Waals surface area contributed by atoms with Crippen LogP contribution in [0.4, 0.5) is 0 Å². The van der Waals surface area contributed by atoms with E-state index in [0.29, 0.717) is 0 Å². The van der Waals surface area contributed by atoms with E-state index in [4.69, 9.17) is 0 Å². The Balaban J connectivity index is 2.05. The topological polar surface area (TPSA) is 12.4 Å². The van der Waals surface area contributed by atoms with Crippen LogP contribution in [0, 0.1) is 0 Å². The molecule has 0 atom stereocenters. The number of aryl methyl sites for hydroxylation is 1. The molecule has 0 heterocycles. The van der Waals surface area contributed by atoms with Gasteiger partial charge in [-0.3, -0.25) is 4.99 Å². The molecule has 1 nitrogen and oxygen atoms in total. The largest absolute Gasteiger partial charge is 0.296 e. The zero-order chi connectivity index (χ0) is 14.2. The molecule has 0 saturated carbocycles. The van der Waals surface area contributed by atoms with Crippen molar-refractivity contribution in [2.45, 2.75) is 32.6 Å². The number of nitrogens with zero attached hydrogens (tertiary/aromatic N) is 1. The second-order valence-corrected chi connectivity index (χ2v) is 5.16. The van der Waals surface area contributed by atoms with Gasteiger partial charge in [-0.2, -0.15) is 0 Å². The van der Waals surface area contributed by atoms with E-state index in [1.54, 1.807) is 7.05 Å². The van der Waals surface area contributed by atoms with E-state index in [2.05, 4.69) is 60.4 Å². The van der Waals surface area contributed by atoms with Crippen LogP contribution in [0.2, 0.25) is 0 Å². The molecule has 2 rings (SSSR count). The van der Waals surface area contributed by atoms with Crippen molar-refractivity contribution in [2.75, 3.05) is 7.05 Å². The van der Waals surface area contributed by atoms with Crippen molar-refractivity contribution in [2.24, 2.45) is 4.99 Å². The highest BCUT2D eigenvalue weighted by Gasteiger charge is 1.98. The molecule has 104 valence electrons. The summed E-state index contributed by atoms with van der Waals surface area (Å²) in [4.78, 5) is 4.03. The Bertz CT molecular complexity index is 535. The van der Waals surface area contributed by atoms with Crippen molar-refractivity contribution in [3.8, 4) is 11.1 Å². The van der Waals surface area contributed by atoms with E-state index in [-0.39, 0.29) is 0 Å². The Morgan fingerprint density at radius 2 is 1.45 bits per heavy atom. The first-order chi connectivity index (χ1) is 9.83.